The van der Waals surface area contributed by atoms with Gasteiger partial charge in [-0.25, -0.2) is 0 Å². The molecule has 21 heavy (non-hydrogen) atoms. The zero-order valence-electron chi connectivity index (χ0n) is 11.3. The molecule has 0 aliphatic carbocycles. The van der Waals surface area contributed by atoms with E-state index < -0.39 is 0 Å². The van der Waals surface area contributed by atoms with Crippen molar-refractivity contribution in [2.75, 3.05) is 18.2 Å². The molecule has 0 saturated heterocycles. The lowest BCUT2D eigenvalue weighted by Crippen LogP contribution is -1.95. The molecule has 6 nitrogen and oxygen atoms in total. The van der Waals surface area contributed by atoms with Crippen molar-refractivity contribution in [3.8, 4) is 11.8 Å². The summed E-state index contributed by atoms with van der Waals surface area (Å²) >= 11 is 0. The first-order valence-corrected chi connectivity index (χ1v) is 6.21. The van der Waals surface area contributed by atoms with Gasteiger partial charge >= 0.3 is 0 Å². The summed E-state index contributed by atoms with van der Waals surface area (Å²) in [5, 5.41) is 11.9. The highest BCUT2D eigenvalue weighted by Crippen LogP contribution is 2.30. The molecule has 3 N–H and O–H groups in total. The van der Waals surface area contributed by atoms with E-state index in [9.17, 15) is 0 Å². The lowest BCUT2D eigenvalue weighted by Gasteiger charge is -2.08. The van der Waals surface area contributed by atoms with Crippen LogP contribution in [0.25, 0.3) is 11.1 Å². The van der Waals surface area contributed by atoms with Gasteiger partial charge < -0.3 is 20.2 Å². The third kappa shape index (κ3) is 2.44. The number of ether oxygens (including phenoxy) is 1. The van der Waals surface area contributed by atoms with Crippen LogP contribution in [0.15, 0.2) is 40.8 Å². The van der Waals surface area contributed by atoms with Crippen molar-refractivity contribution >= 4 is 28.5 Å². The molecule has 0 unspecified atom stereocenters. The molecule has 2 aromatic carbocycles. The number of rotatable bonds is 3. The van der Waals surface area contributed by atoms with Crippen LogP contribution in [0.4, 0.5) is 17.4 Å². The molecule has 0 aliphatic heterocycles. The van der Waals surface area contributed by atoms with Gasteiger partial charge in [-0.05, 0) is 24.3 Å². The first kappa shape index (κ1) is 12.8. The minimum atomic E-state index is 0.332. The maximum absolute atomic E-state index is 8.89. The van der Waals surface area contributed by atoms with Gasteiger partial charge in [0, 0.05) is 17.8 Å². The van der Waals surface area contributed by atoms with Gasteiger partial charge in [0.1, 0.15) is 11.3 Å². The highest BCUT2D eigenvalue weighted by atomic mass is 16.5. The summed E-state index contributed by atoms with van der Waals surface area (Å²) in [4.78, 5) is 4.31. The predicted octanol–water partition coefficient (Wildman–Crippen LogP) is 3.03. The molecule has 0 radical (unpaired) electrons. The number of anilines is 3. The minimum Gasteiger partial charge on any atom is -0.495 e. The molecule has 3 rings (SSSR count). The fraction of sp³-hybridized carbons (Fsp3) is 0.0667. The van der Waals surface area contributed by atoms with Crippen LogP contribution in [0.1, 0.15) is 5.56 Å². The van der Waals surface area contributed by atoms with E-state index in [1.54, 1.807) is 36.4 Å². The molecule has 0 atom stereocenters. The number of nitrogens with one attached hydrogen (secondary N) is 1. The minimum absolute atomic E-state index is 0.332. The maximum Gasteiger partial charge on any atom is 0.300 e. The second kappa shape index (κ2) is 5.06. The van der Waals surface area contributed by atoms with Gasteiger partial charge in [-0.15, -0.1) is 0 Å². The first-order chi connectivity index (χ1) is 10.2. The highest BCUT2D eigenvalue weighted by molar-refractivity contribution is 5.79. The normalized spacial score (nSPS) is 10.3. The Kier molecular flexibility index (Phi) is 3.09. The van der Waals surface area contributed by atoms with Crippen molar-refractivity contribution in [2.24, 2.45) is 0 Å². The van der Waals surface area contributed by atoms with E-state index in [0.29, 0.717) is 39.8 Å². The van der Waals surface area contributed by atoms with E-state index in [2.05, 4.69) is 16.4 Å². The number of methoxy groups -OCH3 is 1. The fourth-order valence-corrected chi connectivity index (χ4v) is 1.97. The van der Waals surface area contributed by atoms with Crippen molar-refractivity contribution in [1.29, 1.82) is 5.26 Å². The van der Waals surface area contributed by atoms with Gasteiger partial charge in [0.15, 0.2) is 5.58 Å². The molecule has 0 amide bonds. The smallest absolute Gasteiger partial charge is 0.300 e. The second-order valence-corrected chi connectivity index (χ2v) is 4.40. The topological polar surface area (TPSA) is 97.1 Å². The summed E-state index contributed by atoms with van der Waals surface area (Å²) in [7, 11) is 1.54. The fourth-order valence-electron chi connectivity index (χ4n) is 1.97. The van der Waals surface area contributed by atoms with Crippen molar-refractivity contribution in [3.05, 3.63) is 42.0 Å². The van der Waals surface area contributed by atoms with E-state index in [0.717, 1.165) is 0 Å². The Bertz CT molecular complexity index is 848. The van der Waals surface area contributed by atoms with Crippen LogP contribution in [-0.2, 0) is 0 Å². The van der Waals surface area contributed by atoms with Gasteiger partial charge in [0.2, 0.25) is 0 Å². The van der Waals surface area contributed by atoms with E-state index in [-0.39, 0.29) is 0 Å². The molecule has 0 spiro atoms. The van der Waals surface area contributed by atoms with Crippen LogP contribution in [0, 0.1) is 11.3 Å². The maximum atomic E-state index is 8.89. The summed E-state index contributed by atoms with van der Waals surface area (Å²) < 4.78 is 10.8. The number of hydrogen-bond acceptors (Lipinski definition) is 6. The lowest BCUT2D eigenvalue weighted by molar-refractivity contribution is 0.416. The van der Waals surface area contributed by atoms with E-state index in [1.165, 1.54) is 7.11 Å². The van der Waals surface area contributed by atoms with Crippen LogP contribution in [0.2, 0.25) is 0 Å². The van der Waals surface area contributed by atoms with Crippen molar-refractivity contribution in [1.82, 2.24) is 4.98 Å². The Labute approximate surface area is 120 Å². The average Bonchev–Trinajstić information content (AvgIpc) is 2.89. The number of benzene rings is 2. The summed E-state index contributed by atoms with van der Waals surface area (Å²) in [5.41, 5.74) is 8.81. The van der Waals surface area contributed by atoms with E-state index >= 15 is 0 Å². The van der Waals surface area contributed by atoms with Crippen LogP contribution < -0.4 is 15.8 Å². The van der Waals surface area contributed by atoms with Gasteiger partial charge in [-0.3, -0.25) is 0 Å². The van der Waals surface area contributed by atoms with Crippen LogP contribution in [0.5, 0.6) is 5.75 Å². The molecule has 0 saturated carbocycles. The number of hydrogen-bond donors (Lipinski definition) is 2. The van der Waals surface area contributed by atoms with Crippen molar-refractivity contribution < 1.29 is 9.15 Å². The van der Waals surface area contributed by atoms with Gasteiger partial charge in [0.05, 0.1) is 24.4 Å². The molecule has 104 valence electrons. The number of nitrogen functional groups attached to an aromatic ring is 1. The number of aromatic nitrogens is 1. The Balaban J connectivity index is 1.96. The summed E-state index contributed by atoms with van der Waals surface area (Å²) in [6, 6.07) is 12.7. The number of nitrogens with zero attached hydrogens (tertiary/aromatic N) is 2. The lowest BCUT2D eigenvalue weighted by atomic mass is 10.2. The molecule has 0 fully saturated rings. The third-order valence-electron chi connectivity index (χ3n) is 2.98. The standard InChI is InChI=1S/C15H12N4O2/c1-20-13-6-9(8-16)2-4-11(13)18-15-19-12-5-3-10(17)7-14(12)21-15/h2-7H,17H2,1H3,(H,18,19). The summed E-state index contributed by atoms with van der Waals surface area (Å²) in [5.74, 6) is 0.538. The van der Waals surface area contributed by atoms with Crippen LogP contribution in [-0.4, -0.2) is 12.1 Å². The van der Waals surface area contributed by atoms with Crippen molar-refractivity contribution in [2.45, 2.75) is 0 Å². The highest BCUT2D eigenvalue weighted by Gasteiger charge is 2.10. The van der Waals surface area contributed by atoms with Crippen LogP contribution in [0.3, 0.4) is 0 Å². The molecular weight excluding hydrogens is 268 g/mol. The number of oxazole rings is 1. The Morgan fingerprint density at radius 2 is 2.14 bits per heavy atom. The monoisotopic (exact) mass is 280 g/mol. The molecule has 1 aromatic heterocycles. The molecule has 1 heterocycles. The number of fused-ring (bicyclic) bond motifs is 1. The van der Waals surface area contributed by atoms with Crippen LogP contribution >= 0.6 is 0 Å². The number of nitriles is 1. The average molecular weight is 280 g/mol. The Morgan fingerprint density at radius 1 is 1.29 bits per heavy atom. The van der Waals surface area contributed by atoms with E-state index in [4.69, 9.17) is 20.1 Å². The third-order valence-corrected chi connectivity index (χ3v) is 2.98. The largest absolute Gasteiger partial charge is 0.495 e. The number of nitrogens with two attached hydrogens (primary N) is 1. The molecule has 0 bridgehead atoms. The first-order valence-electron chi connectivity index (χ1n) is 6.21. The molecular formula is C15H12N4O2. The zero-order chi connectivity index (χ0) is 14.8. The molecule has 6 heteroatoms. The molecule has 3 aromatic rings. The Morgan fingerprint density at radius 3 is 2.90 bits per heavy atom. The summed E-state index contributed by atoms with van der Waals surface area (Å²) in [6.07, 6.45) is 0. The van der Waals surface area contributed by atoms with Gasteiger partial charge in [-0.1, -0.05) is 0 Å². The molecule has 0 aliphatic rings. The SMILES string of the molecule is COc1cc(C#N)ccc1Nc1nc2ccc(N)cc2o1. The quantitative estimate of drug-likeness (QED) is 0.716. The van der Waals surface area contributed by atoms with E-state index in [1.807, 2.05) is 0 Å². The zero-order valence-corrected chi connectivity index (χ0v) is 11.3. The second-order valence-electron chi connectivity index (χ2n) is 4.40. The predicted molar refractivity (Wildman–Crippen MR) is 79.4 cm³/mol. The van der Waals surface area contributed by atoms with Crippen molar-refractivity contribution in [3.63, 3.8) is 0 Å². The summed E-state index contributed by atoms with van der Waals surface area (Å²) in [6.45, 7) is 0. The Hall–Kier alpha value is -3.20. The van der Waals surface area contributed by atoms with Gasteiger partial charge in [-0.2, -0.15) is 10.2 Å². The van der Waals surface area contributed by atoms with Gasteiger partial charge in [0.25, 0.3) is 6.01 Å².